The molecule has 2 aromatic rings. The van der Waals surface area contributed by atoms with E-state index < -0.39 is 11.6 Å². The van der Waals surface area contributed by atoms with Gasteiger partial charge in [0.2, 0.25) is 0 Å². The van der Waals surface area contributed by atoms with E-state index in [-0.39, 0.29) is 5.56 Å². The molecular formula is C15H10ClFO3. The van der Waals surface area contributed by atoms with Crippen molar-refractivity contribution in [3.8, 4) is 11.5 Å². The van der Waals surface area contributed by atoms with E-state index in [1.807, 2.05) is 0 Å². The summed E-state index contributed by atoms with van der Waals surface area (Å²) in [6.45, 7) is 0.902. The van der Waals surface area contributed by atoms with Crippen LogP contribution in [0.4, 0.5) is 4.39 Å². The van der Waals surface area contributed by atoms with Crippen molar-refractivity contribution < 1.29 is 18.7 Å². The van der Waals surface area contributed by atoms with Crippen molar-refractivity contribution in [3.05, 3.63) is 58.4 Å². The largest absolute Gasteiger partial charge is 0.486 e. The molecule has 0 N–H and O–H groups in total. The van der Waals surface area contributed by atoms with E-state index in [4.69, 9.17) is 21.1 Å². The highest BCUT2D eigenvalue weighted by Crippen LogP contribution is 2.31. The summed E-state index contributed by atoms with van der Waals surface area (Å²) in [5.41, 5.74) is 0.268. The number of benzene rings is 2. The van der Waals surface area contributed by atoms with Crippen LogP contribution in [0.1, 0.15) is 15.9 Å². The molecule has 2 aromatic carbocycles. The third-order valence-corrected chi connectivity index (χ3v) is 3.21. The molecule has 5 heteroatoms. The molecule has 1 aliphatic heterocycles. The van der Waals surface area contributed by atoms with Crippen LogP contribution in [0.5, 0.6) is 11.5 Å². The fourth-order valence-corrected chi connectivity index (χ4v) is 2.18. The average Bonchev–Trinajstić information content (AvgIpc) is 2.48. The van der Waals surface area contributed by atoms with Crippen molar-refractivity contribution >= 4 is 17.4 Å². The number of ketones is 1. The first-order valence-corrected chi connectivity index (χ1v) is 6.42. The monoisotopic (exact) mass is 292 g/mol. The maximum absolute atomic E-state index is 13.7. The molecule has 0 aliphatic carbocycles. The Kier molecular flexibility index (Phi) is 3.32. The lowest BCUT2D eigenvalue weighted by Crippen LogP contribution is -2.16. The van der Waals surface area contributed by atoms with Crippen LogP contribution in [-0.2, 0) is 0 Å². The molecule has 0 spiro atoms. The minimum atomic E-state index is -0.603. The Hall–Kier alpha value is -2.07. The second-order valence-corrected chi connectivity index (χ2v) is 4.75. The highest BCUT2D eigenvalue weighted by molar-refractivity contribution is 6.31. The fourth-order valence-electron chi connectivity index (χ4n) is 2.01. The van der Waals surface area contributed by atoms with Crippen molar-refractivity contribution in [1.29, 1.82) is 0 Å². The Balaban J connectivity index is 2.00. The molecule has 1 aliphatic rings. The summed E-state index contributed by atoms with van der Waals surface area (Å²) in [4.78, 5) is 12.3. The van der Waals surface area contributed by atoms with Gasteiger partial charge in [0.1, 0.15) is 19.0 Å². The first-order valence-electron chi connectivity index (χ1n) is 6.04. The number of carbonyl (C=O) groups excluding carboxylic acids is 1. The molecule has 3 rings (SSSR count). The van der Waals surface area contributed by atoms with Crippen LogP contribution in [0.3, 0.4) is 0 Å². The molecule has 0 unspecified atom stereocenters. The second-order valence-electron chi connectivity index (χ2n) is 4.31. The lowest BCUT2D eigenvalue weighted by Gasteiger charge is -2.18. The van der Waals surface area contributed by atoms with Crippen LogP contribution in [0, 0.1) is 5.82 Å². The molecule has 1 heterocycles. The molecule has 0 saturated heterocycles. The van der Waals surface area contributed by atoms with Crippen molar-refractivity contribution in [2.24, 2.45) is 0 Å². The smallest absolute Gasteiger partial charge is 0.196 e. The summed E-state index contributed by atoms with van der Waals surface area (Å²) >= 11 is 5.80. The van der Waals surface area contributed by atoms with Crippen LogP contribution in [-0.4, -0.2) is 19.0 Å². The third kappa shape index (κ3) is 2.34. The Bertz CT molecular complexity index is 685. The Morgan fingerprint density at radius 3 is 2.60 bits per heavy atom. The lowest BCUT2D eigenvalue weighted by atomic mass is 10.0. The highest BCUT2D eigenvalue weighted by Gasteiger charge is 2.18. The van der Waals surface area contributed by atoms with Crippen LogP contribution < -0.4 is 9.47 Å². The molecule has 20 heavy (non-hydrogen) atoms. The number of hydrogen-bond acceptors (Lipinski definition) is 3. The Morgan fingerprint density at radius 2 is 1.80 bits per heavy atom. The zero-order valence-corrected chi connectivity index (χ0v) is 11.1. The molecule has 102 valence electrons. The minimum Gasteiger partial charge on any atom is -0.486 e. The quantitative estimate of drug-likeness (QED) is 0.795. The van der Waals surface area contributed by atoms with Crippen LogP contribution >= 0.6 is 11.6 Å². The van der Waals surface area contributed by atoms with Crippen LogP contribution in [0.2, 0.25) is 5.02 Å². The van der Waals surface area contributed by atoms with Gasteiger partial charge < -0.3 is 9.47 Å². The predicted octanol–water partition coefficient (Wildman–Crippen LogP) is 3.48. The first-order chi connectivity index (χ1) is 9.65. The molecule has 0 radical (unpaired) electrons. The summed E-state index contributed by atoms with van der Waals surface area (Å²) in [7, 11) is 0. The van der Waals surface area contributed by atoms with Crippen molar-refractivity contribution in [3.63, 3.8) is 0 Å². The van der Waals surface area contributed by atoms with E-state index in [0.29, 0.717) is 35.3 Å². The molecule has 0 bridgehead atoms. The number of halogens is 2. The lowest BCUT2D eigenvalue weighted by molar-refractivity contribution is 0.103. The van der Waals surface area contributed by atoms with Gasteiger partial charge in [0.05, 0.1) is 5.56 Å². The Morgan fingerprint density at radius 1 is 1.05 bits per heavy atom. The van der Waals surface area contributed by atoms with Crippen molar-refractivity contribution in [1.82, 2.24) is 0 Å². The number of carbonyl (C=O) groups is 1. The SMILES string of the molecule is O=C(c1ccc2c(c1)OCCO2)c1cc(Cl)ccc1F. The molecule has 0 amide bonds. The summed E-state index contributed by atoms with van der Waals surface area (Å²) in [6.07, 6.45) is 0. The van der Waals surface area contributed by atoms with Gasteiger partial charge in [-0.15, -0.1) is 0 Å². The number of rotatable bonds is 2. The van der Waals surface area contributed by atoms with E-state index in [1.165, 1.54) is 18.2 Å². The van der Waals surface area contributed by atoms with E-state index in [2.05, 4.69) is 0 Å². The number of fused-ring (bicyclic) bond motifs is 1. The van der Waals surface area contributed by atoms with E-state index >= 15 is 0 Å². The van der Waals surface area contributed by atoms with Crippen LogP contribution in [0.25, 0.3) is 0 Å². The summed E-state index contributed by atoms with van der Waals surface area (Å²) in [6, 6.07) is 8.67. The third-order valence-electron chi connectivity index (χ3n) is 2.98. The van der Waals surface area contributed by atoms with E-state index in [1.54, 1.807) is 18.2 Å². The molecule has 0 aromatic heterocycles. The molecule has 0 atom stereocenters. The molecular weight excluding hydrogens is 283 g/mol. The maximum atomic E-state index is 13.7. The van der Waals surface area contributed by atoms with Gasteiger partial charge in [0.25, 0.3) is 0 Å². The normalized spacial score (nSPS) is 13.1. The van der Waals surface area contributed by atoms with Crippen LogP contribution in [0.15, 0.2) is 36.4 Å². The average molecular weight is 293 g/mol. The van der Waals surface area contributed by atoms with Crippen molar-refractivity contribution in [2.75, 3.05) is 13.2 Å². The van der Waals surface area contributed by atoms with Gasteiger partial charge in [-0.3, -0.25) is 4.79 Å². The zero-order valence-electron chi connectivity index (χ0n) is 10.4. The first kappa shape index (κ1) is 12.9. The van der Waals surface area contributed by atoms with Crippen molar-refractivity contribution in [2.45, 2.75) is 0 Å². The summed E-state index contributed by atoms with van der Waals surface area (Å²) < 4.78 is 24.5. The zero-order chi connectivity index (χ0) is 14.1. The summed E-state index contributed by atoms with van der Waals surface area (Å²) in [5, 5.41) is 0.312. The molecule has 3 nitrogen and oxygen atoms in total. The highest BCUT2D eigenvalue weighted by atomic mass is 35.5. The van der Waals surface area contributed by atoms with Gasteiger partial charge in [0, 0.05) is 10.6 Å². The maximum Gasteiger partial charge on any atom is 0.196 e. The standard InChI is InChI=1S/C15H10ClFO3/c16-10-2-3-12(17)11(8-10)15(18)9-1-4-13-14(7-9)20-6-5-19-13/h1-4,7-8H,5-6H2. The fraction of sp³-hybridized carbons (Fsp3) is 0.133. The molecule has 0 saturated carbocycles. The number of ether oxygens (including phenoxy) is 2. The van der Waals surface area contributed by atoms with Gasteiger partial charge >= 0.3 is 0 Å². The number of hydrogen-bond donors (Lipinski definition) is 0. The van der Waals surface area contributed by atoms with Gasteiger partial charge in [-0.25, -0.2) is 4.39 Å². The van der Waals surface area contributed by atoms with Gasteiger partial charge in [-0.05, 0) is 36.4 Å². The van der Waals surface area contributed by atoms with Gasteiger partial charge in [-0.1, -0.05) is 11.6 Å². The minimum absolute atomic E-state index is 0.0609. The van der Waals surface area contributed by atoms with E-state index in [0.717, 1.165) is 0 Å². The van der Waals surface area contributed by atoms with E-state index in [9.17, 15) is 9.18 Å². The molecule has 0 fully saturated rings. The Labute approximate surface area is 119 Å². The topological polar surface area (TPSA) is 35.5 Å². The van der Waals surface area contributed by atoms with Gasteiger partial charge in [-0.2, -0.15) is 0 Å². The predicted molar refractivity (Wildman–Crippen MR) is 72.3 cm³/mol. The summed E-state index contributed by atoms with van der Waals surface area (Å²) in [5.74, 6) is 0.0279. The van der Waals surface area contributed by atoms with Gasteiger partial charge in [0.15, 0.2) is 17.3 Å². The second kappa shape index (κ2) is 5.13.